The molecule has 1 N–H and O–H groups in total. The van der Waals surface area contributed by atoms with Gasteiger partial charge in [-0.3, -0.25) is 4.79 Å². The summed E-state index contributed by atoms with van der Waals surface area (Å²) in [4.78, 5) is 18.6. The number of fused-ring (bicyclic) bond motifs is 3. The van der Waals surface area contributed by atoms with E-state index < -0.39 is 0 Å². The molecule has 3 nitrogen and oxygen atoms in total. The molecule has 2 aliphatic rings. The normalized spacial score (nSPS) is 19.0. The summed E-state index contributed by atoms with van der Waals surface area (Å²) in [6.45, 7) is 1.82. The number of aromatic amines is 1. The summed E-state index contributed by atoms with van der Waals surface area (Å²) < 4.78 is 0. The number of nitrogens with one attached hydrogen (secondary N) is 1. The first-order chi connectivity index (χ1) is 10.8. The summed E-state index contributed by atoms with van der Waals surface area (Å²) in [5.74, 6) is 0.214. The molecule has 1 aliphatic carbocycles. The van der Waals surface area contributed by atoms with Gasteiger partial charge in [-0.2, -0.15) is 0 Å². The minimum atomic E-state index is 0.214. The van der Waals surface area contributed by atoms with Crippen LogP contribution in [-0.4, -0.2) is 28.9 Å². The van der Waals surface area contributed by atoms with Crippen LogP contribution >= 0.6 is 0 Å². The van der Waals surface area contributed by atoms with E-state index in [1.54, 1.807) is 0 Å². The van der Waals surface area contributed by atoms with E-state index in [1.807, 2.05) is 6.07 Å². The zero-order valence-corrected chi connectivity index (χ0v) is 13.2. The molecular weight excluding hydrogens is 272 g/mol. The number of aromatic nitrogens is 1. The highest BCUT2D eigenvalue weighted by Gasteiger charge is 2.22. The van der Waals surface area contributed by atoms with Crippen molar-refractivity contribution in [3.63, 3.8) is 0 Å². The van der Waals surface area contributed by atoms with Gasteiger partial charge in [-0.05, 0) is 50.2 Å². The van der Waals surface area contributed by atoms with Crippen molar-refractivity contribution in [1.82, 2.24) is 9.88 Å². The van der Waals surface area contributed by atoms with E-state index in [0.717, 1.165) is 49.9 Å². The van der Waals surface area contributed by atoms with E-state index in [-0.39, 0.29) is 5.91 Å². The highest BCUT2D eigenvalue weighted by Crippen LogP contribution is 2.31. The Balaban J connectivity index is 1.74. The molecule has 0 bridgehead atoms. The van der Waals surface area contributed by atoms with Gasteiger partial charge in [0.15, 0.2) is 0 Å². The van der Waals surface area contributed by atoms with Gasteiger partial charge in [0.05, 0.1) is 11.1 Å². The summed E-state index contributed by atoms with van der Waals surface area (Å²) in [6, 6.07) is 6.23. The topological polar surface area (TPSA) is 36.1 Å². The van der Waals surface area contributed by atoms with Crippen molar-refractivity contribution in [2.75, 3.05) is 13.1 Å². The van der Waals surface area contributed by atoms with Gasteiger partial charge in [-0.25, -0.2) is 0 Å². The van der Waals surface area contributed by atoms with Gasteiger partial charge in [0.2, 0.25) is 0 Å². The quantitative estimate of drug-likeness (QED) is 0.846. The van der Waals surface area contributed by atoms with Gasteiger partial charge in [-0.15, -0.1) is 0 Å². The first-order valence-electron chi connectivity index (χ1n) is 8.76. The molecule has 1 fully saturated rings. The molecule has 1 amide bonds. The number of hydrogen-bond donors (Lipinski definition) is 1. The molecule has 1 aromatic carbocycles. The van der Waals surface area contributed by atoms with E-state index in [4.69, 9.17) is 0 Å². The van der Waals surface area contributed by atoms with Crippen molar-refractivity contribution in [3.8, 4) is 0 Å². The Morgan fingerprint density at radius 3 is 2.55 bits per heavy atom. The third-order valence-electron chi connectivity index (χ3n) is 5.26. The number of rotatable bonds is 1. The second-order valence-electron chi connectivity index (χ2n) is 6.72. The van der Waals surface area contributed by atoms with Gasteiger partial charge < -0.3 is 9.88 Å². The minimum absolute atomic E-state index is 0.214. The number of nitrogens with zero attached hydrogens (tertiary/aromatic N) is 1. The van der Waals surface area contributed by atoms with Crippen LogP contribution in [0.4, 0.5) is 0 Å². The summed E-state index contributed by atoms with van der Waals surface area (Å²) in [5.41, 5.74) is 4.75. The Labute approximate surface area is 131 Å². The highest BCUT2D eigenvalue weighted by molar-refractivity contribution is 6.06. The average molecular weight is 296 g/mol. The lowest BCUT2D eigenvalue weighted by molar-refractivity contribution is 0.0763. The Kier molecular flexibility index (Phi) is 3.65. The van der Waals surface area contributed by atoms with Gasteiger partial charge in [0.1, 0.15) is 0 Å². The predicted molar refractivity (Wildman–Crippen MR) is 89.3 cm³/mol. The molecule has 2 heterocycles. The summed E-state index contributed by atoms with van der Waals surface area (Å²) in [5, 5.41) is 1.27. The van der Waals surface area contributed by atoms with E-state index >= 15 is 0 Å². The smallest absolute Gasteiger partial charge is 0.255 e. The summed E-state index contributed by atoms with van der Waals surface area (Å²) in [7, 11) is 0. The lowest BCUT2D eigenvalue weighted by Gasteiger charge is -2.20. The second-order valence-corrected chi connectivity index (χ2v) is 6.72. The Morgan fingerprint density at radius 1 is 0.955 bits per heavy atom. The molecule has 1 saturated heterocycles. The van der Waals surface area contributed by atoms with Crippen LogP contribution in [0.3, 0.4) is 0 Å². The zero-order chi connectivity index (χ0) is 14.9. The van der Waals surface area contributed by atoms with Crippen LogP contribution in [0.15, 0.2) is 18.2 Å². The van der Waals surface area contributed by atoms with Crippen LogP contribution in [0.2, 0.25) is 0 Å². The monoisotopic (exact) mass is 296 g/mol. The molecule has 116 valence electrons. The molecule has 0 spiro atoms. The van der Waals surface area contributed by atoms with Gasteiger partial charge in [0, 0.05) is 24.2 Å². The molecule has 0 unspecified atom stereocenters. The number of aryl methyl sites for hydroxylation is 2. The summed E-state index contributed by atoms with van der Waals surface area (Å²) in [6.07, 6.45) is 9.60. The Bertz CT molecular complexity index is 693. The van der Waals surface area contributed by atoms with Crippen LogP contribution in [-0.2, 0) is 12.8 Å². The SMILES string of the molecule is O=C(c1cccc2c3c([nH]c12)CCCC3)N1CCCCCC1. The van der Waals surface area contributed by atoms with Crippen molar-refractivity contribution in [2.24, 2.45) is 0 Å². The van der Waals surface area contributed by atoms with Crippen molar-refractivity contribution in [3.05, 3.63) is 35.0 Å². The average Bonchev–Trinajstić information content (AvgIpc) is 2.74. The first kappa shape index (κ1) is 13.9. The lowest BCUT2D eigenvalue weighted by Crippen LogP contribution is -2.31. The fraction of sp³-hybridized carbons (Fsp3) is 0.526. The zero-order valence-electron chi connectivity index (χ0n) is 13.2. The summed E-state index contributed by atoms with van der Waals surface area (Å²) >= 11 is 0. The number of amides is 1. The third kappa shape index (κ3) is 2.33. The fourth-order valence-corrected chi connectivity index (χ4v) is 4.05. The number of benzene rings is 1. The second kappa shape index (κ2) is 5.79. The molecule has 0 saturated carbocycles. The molecule has 3 heteroatoms. The number of carbonyl (C=O) groups is 1. The van der Waals surface area contributed by atoms with Crippen molar-refractivity contribution in [1.29, 1.82) is 0 Å². The molecule has 2 aromatic rings. The van der Waals surface area contributed by atoms with Crippen LogP contribution in [0.25, 0.3) is 10.9 Å². The van der Waals surface area contributed by atoms with Crippen LogP contribution < -0.4 is 0 Å². The standard InChI is InChI=1S/C19H24N2O/c22-19(21-12-5-1-2-6-13-21)16-10-7-9-15-14-8-3-4-11-17(14)20-18(15)16/h7,9-10,20H,1-6,8,11-13H2. The number of carbonyl (C=O) groups excluding carboxylic acids is 1. The maximum Gasteiger partial charge on any atom is 0.255 e. The van der Waals surface area contributed by atoms with Crippen molar-refractivity contribution in [2.45, 2.75) is 51.4 Å². The molecule has 0 radical (unpaired) electrons. The largest absolute Gasteiger partial charge is 0.358 e. The number of para-hydroxylation sites is 1. The van der Waals surface area contributed by atoms with Crippen LogP contribution in [0.5, 0.6) is 0 Å². The molecule has 1 aliphatic heterocycles. The Hall–Kier alpha value is -1.77. The van der Waals surface area contributed by atoms with Gasteiger partial charge in [0.25, 0.3) is 5.91 Å². The maximum atomic E-state index is 13.0. The molecule has 1 aromatic heterocycles. The number of H-pyrrole nitrogens is 1. The number of likely N-dealkylation sites (tertiary alicyclic amines) is 1. The third-order valence-corrected chi connectivity index (χ3v) is 5.26. The molecular formula is C19H24N2O. The van der Waals surface area contributed by atoms with E-state index in [9.17, 15) is 4.79 Å². The number of hydrogen-bond acceptors (Lipinski definition) is 1. The van der Waals surface area contributed by atoms with E-state index in [1.165, 1.54) is 42.3 Å². The van der Waals surface area contributed by atoms with E-state index in [0.29, 0.717) is 0 Å². The predicted octanol–water partition coefficient (Wildman–Crippen LogP) is 4.06. The first-order valence-corrected chi connectivity index (χ1v) is 8.76. The fourth-order valence-electron chi connectivity index (χ4n) is 4.05. The van der Waals surface area contributed by atoms with Gasteiger partial charge >= 0.3 is 0 Å². The van der Waals surface area contributed by atoms with Crippen molar-refractivity contribution < 1.29 is 4.79 Å². The Morgan fingerprint density at radius 2 is 1.73 bits per heavy atom. The van der Waals surface area contributed by atoms with Gasteiger partial charge in [-0.1, -0.05) is 25.0 Å². The highest BCUT2D eigenvalue weighted by atomic mass is 16.2. The minimum Gasteiger partial charge on any atom is -0.358 e. The maximum absolute atomic E-state index is 13.0. The molecule has 0 atom stereocenters. The lowest BCUT2D eigenvalue weighted by atomic mass is 9.95. The molecule has 4 rings (SSSR count). The van der Waals surface area contributed by atoms with Crippen LogP contribution in [0.1, 0.15) is 60.1 Å². The molecule has 22 heavy (non-hydrogen) atoms. The van der Waals surface area contributed by atoms with Crippen molar-refractivity contribution >= 4 is 16.8 Å². The van der Waals surface area contributed by atoms with E-state index in [2.05, 4.69) is 22.0 Å². The van der Waals surface area contributed by atoms with Crippen LogP contribution in [0, 0.1) is 0 Å².